The van der Waals surface area contributed by atoms with E-state index in [4.69, 9.17) is 23.7 Å². The van der Waals surface area contributed by atoms with E-state index in [1.807, 2.05) is 84.9 Å². The van der Waals surface area contributed by atoms with Crippen LogP contribution in [0.15, 0.2) is 104 Å². The summed E-state index contributed by atoms with van der Waals surface area (Å²) in [6.45, 7) is 5.43. The second-order valence-electron chi connectivity index (χ2n) is 7.51. The summed E-state index contributed by atoms with van der Waals surface area (Å²) in [7, 11) is 0. The summed E-state index contributed by atoms with van der Waals surface area (Å²) in [4.78, 5) is 11.2. The Kier molecular flexibility index (Phi) is 7.99. The van der Waals surface area contributed by atoms with Crippen molar-refractivity contribution in [2.24, 2.45) is 0 Å². The molecule has 0 spiro atoms. The van der Waals surface area contributed by atoms with Gasteiger partial charge in [-0.25, -0.2) is 4.79 Å². The summed E-state index contributed by atoms with van der Waals surface area (Å²) in [5, 5.41) is 1.67. The van der Waals surface area contributed by atoms with Crippen LogP contribution in [0.4, 0.5) is 0 Å². The van der Waals surface area contributed by atoms with E-state index < -0.39 is 12.3 Å². The van der Waals surface area contributed by atoms with Gasteiger partial charge >= 0.3 is 5.97 Å². The average molecular weight is 471 g/mol. The standard InChI is InChI=1S/C29H26O6/c1-3-28(30)32-19-18-31-21(2)33-26-20-27(34-22-12-6-4-7-13-22)29(25-17-11-10-16-24(25)26)35-23-14-8-5-9-15-23/h3-17,20-21H,1,18-19H2,2H3. The molecule has 178 valence electrons. The van der Waals surface area contributed by atoms with Crippen LogP contribution < -0.4 is 14.2 Å². The van der Waals surface area contributed by atoms with Gasteiger partial charge in [-0.15, -0.1) is 0 Å². The highest BCUT2D eigenvalue weighted by Gasteiger charge is 2.19. The third-order valence-corrected chi connectivity index (χ3v) is 5.00. The summed E-state index contributed by atoms with van der Waals surface area (Å²) in [6, 6.07) is 28.6. The van der Waals surface area contributed by atoms with Gasteiger partial charge in [0, 0.05) is 22.9 Å². The minimum Gasteiger partial charge on any atom is -0.464 e. The number of benzene rings is 4. The zero-order chi connectivity index (χ0) is 24.5. The van der Waals surface area contributed by atoms with E-state index in [0.29, 0.717) is 28.7 Å². The Morgan fingerprint density at radius 3 is 2.06 bits per heavy atom. The maximum absolute atomic E-state index is 11.2. The zero-order valence-electron chi connectivity index (χ0n) is 19.4. The van der Waals surface area contributed by atoms with Crippen LogP contribution >= 0.6 is 0 Å². The van der Waals surface area contributed by atoms with Gasteiger partial charge in [-0.1, -0.05) is 67.2 Å². The quantitative estimate of drug-likeness (QED) is 0.103. The van der Waals surface area contributed by atoms with Gasteiger partial charge in [0.1, 0.15) is 23.9 Å². The van der Waals surface area contributed by atoms with Crippen molar-refractivity contribution < 1.29 is 28.5 Å². The Hall–Kier alpha value is -4.29. The summed E-state index contributed by atoms with van der Waals surface area (Å²) < 4.78 is 29.3. The second-order valence-corrected chi connectivity index (χ2v) is 7.51. The van der Waals surface area contributed by atoms with E-state index in [0.717, 1.165) is 16.8 Å². The first-order valence-electron chi connectivity index (χ1n) is 11.2. The number of para-hydroxylation sites is 2. The molecule has 0 radical (unpaired) electrons. The van der Waals surface area contributed by atoms with E-state index >= 15 is 0 Å². The molecule has 0 aliphatic carbocycles. The molecule has 0 amide bonds. The first kappa shape index (κ1) is 23.9. The molecule has 0 heterocycles. The van der Waals surface area contributed by atoms with Gasteiger partial charge in [0.25, 0.3) is 0 Å². The maximum Gasteiger partial charge on any atom is 0.330 e. The van der Waals surface area contributed by atoms with Gasteiger partial charge < -0.3 is 23.7 Å². The van der Waals surface area contributed by atoms with Crippen LogP contribution in [0.5, 0.6) is 28.7 Å². The topological polar surface area (TPSA) is 63.2 Å². The van der Waals surface area contributed by atoms with Gasteiger partial charge in [0.05, 0.1) is 6.61 Å². The van der Waals surface area contributed by atoms with Gasteiger partial charge in [0.15, 0.2) is 17.8 Å². The SMILES string of the molecule is C=CC(=O)OCCOC(C)Oc1cc(Oc2ccccc2)c(Oc2ccccc2)c2ccccc12. The molecular weight excluding hydrogens is 444 g/mol. The van der Waals surface area contributed by atoms with Crippen LogP contribution in [0.25, 0.3) is 10.8 Å². The Labute approximate surface area is 204 Å². The molecule has 6 heteroatoms. The van der Waals surface area contributed by atoms with Crippen molar-refractivity contribution in [1.82, 2.24) is 0 Å². The zero-order valence-corrected chi connectivity index (χ0v) is 19.4. The molecule has 1 unspecified atom stereocenters. The van der Waals surface area contributed by atoms with E-state index in [-0.39, 0.29) is 13.2 Å². The summed E-state index contributed by atoms with van der Waals surface area (Å²) in [6.07, 6.45) is 0.505. The van der Waals surface area contributed by atoms with Crippen molar-refractivity contribution in [3.05, 3.63) is 104 Å². The van der Waals surface area contributed by atoms with Crippen LogP contribution in [-0.2, 0) is 14.3 Å². The van der Waals surface area contributed by atoms with Crippen molar-refractivity contribution in [1.29, 1.82) is 0 Å². The molecule has 35 heavy (non-hydrogen) atoms. The third kappa shape index (κ3) is 6.40. The summed E-state index contributed by atoms with van der Waals surface area (Å²) in [5.41, 5.74) is 0. The lowest BCUT2D eigenvalue weighted by atomic mass is 10.1. The predicted octanol–water partition coefficient (Wildman–Crippen LogP) is 6.90. The molecule has 6 nitrogen and oxygen atoms in total. The van der Waals surface area contributed by atoms with Gasteiger partial charge in [0.2, 0.25) is 0 Å². The van der Waals surface area contributed by atoms with Crippen molar-refractivity contribution in [3.8, 4) is 28.7 Å². The van der Waals surface area contributed by atoms with Crippen LogP contribution in [0.2, 0.25) is 0 Å². The molecule has 1 atom stereocenters. The van der Waals surface area contributed by atoms with Gasteiger partial charge in [-0.3, -0.25) is 0 Å². The number of rotatable bonds is 11. The molecule has 4 rings (SSSR count). The average Bonchev–Trinajstić information content (AvgIpc) is 2.89. The first-order valence-corrected chi connectivity index (χ1v) is 11.2. The maximum atomic E-state index is 11.2. The van der Waals surface area contributed by atoms with E-state index in [1.54, 1.807) is 13.0 Å². The highest BCUT2D eigenvalue weighted by atomic mass is 16.7. The molecule has 0 saturated carbocycles. The Morgan fingerprint density at radius 2 is 1.40 bits per heavy atom. The fourth-order valence-corrected chi connectivity index (χ4v) is 3.42. The molecule has 0 N–H and O–H groups in total. The van der Waals surface area contributed by atoms with Crippen molar-refractivity contribution in [2.45, 2.75) is 13.2 Å². The second kappa shape index (κ2) is 11.7. The molecule has 0 fully saturated rings. The van der Waals surface area contributed by atoms with Gasteiger partial charge in [-0.2, -0.15) is 0 Å². The highest BCUT2D eigenvalue weighted by molar-refractivity contribution is 5.96. The van der Waals surface area contributed by atoms with Crippen molar-refractivity contribution in [3.63, 3.8) is 0 Å². The molecule has 4 aromatic carbocycles. The van der Waals surface area contributed by atoms with Crippen molar-refractivity contribution in [2.75, 3.05) is 13.2 Å². The molecule has 0 aromatic heterocycles. The smallest absolute Gasteiger partial charge is 0.330 e. The Balaban J connectivity index is 1.65. The number of ether oxygens (including phenoxy) is 5. The molecule has 0 saturated heterocycles. The monoisotopic (exact) mass is 470 g/mol. The number of hydrogen-bond acceptors (Lipinski definition) is 6. The lowest BCUT2D eigenvalue weighted by Gasteiger charge is -2.20. The normalized spacial score (nSPS) is 11.5. The van der Waals surface area contributed by atoms with Crippen LogP contribution in [-0.4, -0.2) is 25.5 Å². The van der Waals surface area contributed by atoms with E-state index in [1.165, 1.54) is 0 Å². The van der Waals surface area contributed by atoms with Crippen LogP contribution in [0.1, 0.15) is 6.92 Å². The number of hydrogen-bond donors (Lipinski definition) is 0. The minimum absolute atomic E-state index is 0.103. The third-order valence-electron chi connectivity index (χ3n) is 5.00. The van der Waals surface area contributed by atoms with E-state index in [9.17, 15) is 4.79 Å². The molecule has 4 aromatic rings. The minimum atomic E-state index is -0.605. The van der Waals surface area contributed by atoms with E-state index in [2.05, 4.69) is 6.58 Å². The highest BCUT2D eigenvalue weighted by Crippen LogP contribution is 2.45. The number of esters is 1. The predicted molar refractivity (Wildman–Crippen MR) is 134 cm³/mol. The van der Waals surface area contributed by atoms with Crippen molar-refractivity contribution >= 4 is 16.7 Å². The number of fused-ring (bicyclic) bond motifs is 1. The summed E-state index contributed by atoms with van der Waals surface area (Å²) >= 11 is 0. The molecular formula is C29H26O6. The molecule has 0 aliphatic rings. The number of carbonyl (C=O) groups excluding carboxylic acids is 1. The lowest BCUT2D eigenvalue weighted by Crippen LogP contribution is -2.20. The van der Waals surface area contributed by atoms with Crippen LogP contribution in [0, 0.1) is 0 Å². The summed E-state index contributed by atoms with van der Waals surface area (Å²) in [5.74, 6) is 2.51. The lowest BCUT2D eigenvalue weighted by molar-refractivity contribution is -0.142. The fraction of sp³-hybridized carbons (Fsp3) is 0.138. The molecule has 0 aliphatic heterocycles. The molecule has 0 bridgehead atoms. The van der Waals surface area contributed by atoms with Crippen LogP contribution in [0.3, 0.4) is 0 Å². The Morgan fingerprint density at radius 1 is 0.800 bits per heavy atom. The number of carbonyl (C=O) groups is 1. The Bertz CT molecular complexity index is 1270. The van der Waals surface area contributed by atoms with Gasteiger partial charge in [-0.05, 0) is 31.2 Å². The largest absolute Gasteiger partial charge is 0.464 e. The fourth-order valence-electron chi connectivity index (χ4n) is 3.42. The first-order chi connectivity index (χ1) is 17.1.